The Morgan fingerprint density at radius 1 is 1.13 bits per heavy atom. The summed E-state index contributed by atoms with van der Waals surface area (Å²) in [4.78, 5) is 37.7. The summed E-state index contributed by atoms with van der Waals surface area (Å²) in [5, 5.41) is 11.9. The van der Waals surface area contributed by atoms with Crippen molar-refractivity contribution in [2.24, 2.45) is 10.9 Å². The quantitative estimate of drug-likeness (QED) is 0.272. The lowest BCUT2D eigenvalue weighted by Crippen LogP contribution is -2.46. The van der Waals surface area contributed by atoms with Gasteiger partial charge in [0.15, 0.2) is 11.5 Å². The molecule has 14 heteroatoms. The predicted molar refractivity (Wildman–Crippen MR) is 134 cm³/mol. The van der Waals surface area contributed by atoms with Crippen LogP contribution in [0.1, 0.15) is 46.5 Å². The topological polar surface area (TPSA) is 126 Å². The second-order valence-electron chi connectivity index (χ2n) is 9.93. The molecular formula is C25H29ClF3N4O6-. The van der Waals surface area contributed by atoms with Crippen LogP contribution in [-0.4, -0.2) is 70.8 Å². The smallest absolute Gasteiger partial charge is 0.419 e. The van der Waals surface area contributed by atoms with Crippen LogP contribution < -0.4 is 14.6 Å². The highest BCUT2D eigenvalue weighted by Crippen LogP contribution is 2.37. The van der Waals surface area contributed by atoms with Gasteiger partial charge in [-0.2, -0.15) is 13.2 Å². The summed E-state index contributed by atoms with van der Waals surface area (Å²) in [6.07, 6.45) is -3.48. The van der Waals surface area contributed by atoms with Crippen molar-refractivity contribution in [3.8, 4) is 11.5 Å². The number of aliphatic imine (C=N–C) groups is 1. The molecule has 3 rings (SSSR count). The van der Waals surface area contributed by atoms with Crippen LogP contribution >= 0.6 is 11.6 Å². The summed E-state index contributed by atoms with van der Waals surface area (Å²) in [6, 6.07) is 3.37. The average Bonchev–Trinajstić information content (AvgIpc) is 2.85. The van der Waals surface area contributed by atoms with Crippen molar-refractivity contribution in [2.45, 2.75) is 64.3 Å². The second-order valence-corrected chi connectivity index (χ2v) is 10.3. The molecule has 214 valence electrons. The SMILES string of the molecule is COc1cc2ncnc(Cl)c2cc1OC1CCC(C(=O)N(CCN=C([O-])C(F)(F)F)C(=O)OC(C)(C)C)CC1. The third-order valence-corrected chi connectivity index (χ3v) is 6.19. The molecular weight excluding hydrogens is 545 g/mol. The van der Waals surface area contributed by atoms with E-state index in [1.165, 1.54) is 13.4 Å². The number of imide groups is 1. The van der Waals surface area contributed by atoms with E-state index in [1.807, 2.05) is 0 Å². The van der Waals surface area contributed by atoms with Gasteiger partial charge in [-0.05, 0) is 52.5 Å². The maximum atomic E-state index is 13.2. The maximum Gasteiger partial charge on any atom is 0.419 e. The molecule has 0 saturated heterocycles. The fourth-order valence-electron chi connectivity index (χ4n) is 4.06. The molecule has 1 heterocycles. The van der Waals surface area contributed by atoms with Gasteiger partial charge in [0, 0.05) is 17.4 Å². The van der Waals surface area contributed by atoms with E-state index in [4.69, 9.17) is 25.8 Å². The zero-order chi connectivity index (χ0) is 29.0. The minimum Gasteiger partial charge on any atom is -0.856 e. The number of alkyl halides is 3. The third kappa shape index (κ3) is 8.07. The highest BCUT2D eigenvalue weighted by Gasteiger charge is 2.35. The van der Waals surface area contributed by atoms with E-state index < -0.39 is 48.7 Å². The molecule has 1 aromatic heterocycles. The molecule has 2 amide bonds. The number of benzene rings is 1. The zero-order valence-corrected chi connectivity index (χ0v) is 22.6. The van der Waals surface area contributed by atoms with Crippen LogP contribution in [0.15, 0.2) is 23.5 Å². The Hall–Kier alpha value is -3.35. The Kier molecular flexibility index (Phi) is 9.47. The molecule has 0 atom stereocenters. The molecule has 0 spiro atoms. The van der Waals surface area contributed by atoms with Gasteiger partial charge >= 0.3 is 12.3 Å². The van der Waals surface area contributed by atoms with Gasteiger partial charge in [0.25, 0.3) is 0 Å². The number of hydrogen-bond donors (Lipinski definition) is 0. The van der Waals surface area contributed by atoms with Crippen LogP contribution in [0.2, 0.25) is 5.15 Å². The fraction of sp³-hybridized carbons (Fsp3) is 0.560. The first-order valence-electron chi connectivity index (χ1n) is 12.2. The van der Waals surface area contributed by atoms with E-state index in [0.717, 1.165) is 4.90 Å². The molecule has 1 aliphatic rings. The molecule has 0 aliphatic heterocycles. The van der Waals surface area contributed by atoms with E-state index in [9.17, 15) is 27.9 Å². The standard InChI is InChI=1S/C25H30ClF3N4O6/c1-24(2,3)39-23(36)33(10-9-30-22(35)25(27,28)29)21(34)14-5-7-15(8-6-14)38-19-11-16-17(12-18(19)37-4)31-13-32-20(16)26/h11-15H,5-10H2,1-4H3,(H,30,35)/p-1. The molecule has 1 aromatic carbocycles. The summed E-state index contributed by atoms with van der Waals surface area (Å²) in [7, 11) is 1.49. The molecule has 1 saturated carbocycles. The van der Waals surface area contributed by atoms with Gasteiger partial charge in [-0.3, -0.25) is 9.79 Å². The van der Waals surface area contributed by atoms with Crippen LogP contribution in [0.5, 0.6) is 11.5 Å². The summed E-state index contributed by atoms with van der Waals surface area (Å²) in [6.45, 7) is 3.55. The second kappa shape index (κ2) is 12.2. The monoisotopic (exact) mass is 573 g/mol. The Labute approximate surface area is 228 Å². The van der Waals surface area contributed by atoms with E-state index in [1.54, 1.807) is 32.9 Å². The van der Waals surface area contributed by atoms with Gasteiger partial charge in [-0.15, -0.1) is 0 Å². The number of aromatic nitrogens is 2. The van der Waals surface area contributed by atoms with E-state index in [0.29, 0.717) is 48.1 Å². The fourth-order valence-corrected chi connectivity index (χ4v) is 4.26. The van der Waals surface area contributed by atoms with Crippen LogP contribution in [0.4, 0.5) is 18.0 Å². The lowest BCUT2D eigenvalue weighted by molar-refractivity contribution is -0.262. The Bertz CT molecular complexity index is 1230. The summed E-state index contributed by atoms with van der Waals surface area (Å²) < 4.78 is 54.3. The predicted octanol–water partition coefficient (Wildman–Crippen LogP) is 4.31. The normalized spacial score (nSPS) is 18.5. The Morgan fingerprint density at radius 3 is 2.38 bits per heavy atom. The van der Waals surface area contributed by atoms with Crippen molar-refractivity contribution >= 4 is 40.4 Å². The van der Waals surface area contributed by atoms with Gasteiger partial charge in [-0.1, -0.05) is 11.6 Å². The molecule has 0 N–H and O–H groups in total. The summed E-state index contributed by atoms with van der Waals surface area (Å²) in [5.41, 5.74) is -0.369. The van der Waals surface area contributed by atoms with Crippen LogP contribution in [0, 0.1) is 5.92 Å². The molecule has 39 heavy (non-hydrogen) atoms. The van der Waals surface area contributed by atoms with E-state index in [-0.39, 0.29) is 11.3 Å². The van der Waals surface area contributed by atoms with Crippen molar-refractivity contribution in [2.75, 3.05) is 20.2 Å². The highest BCUT2D eigenvalue weighted by molar-refractivity contribution is 6.34. The molecule has 0 unspecified atom stereocenters. The zero-order valence-electron chi connectivity index (χ0n) is 21.9. The molecule has 2 aromatic rings. The van der Waals surface area contributed by atoms with Gasteiger partial charge in [0.05, 0.1) is 37.7 Å². The lowest BCUT2D eigenvalue weighted by atomic mass is 9.86. The molecule has 0 bridgehead atoms. The van der Waals surface area contributed by atoms with Gasteiger partial charge in [0.1, 0.15) is 17.1 Å². The van der Waals surface area contributed by atoms with Gasteiger partial charge in [-0.25, -0.2) is 19.7 Å². The van der Waals surface area contributed by atoms with Crippen molar-refractivity contribution in [1.82, 2.24) is 14.9 Å². The van der Waals surface area contributed by atoms with Crippen LogP contribution in [-0.2, 0) is 9.53 Å². The largest absolute Gasteiger partial charge is 0.856 e. The number of halogens is 4. The number of amides is 2. The number of nitrogens with zero attached hydrogens (tertiary/aromatic N) is 4. The number of hydrogen-bond acceptors (Lipinski definition) is 9. The first-order chi connectivity index (χ1) is 18.2. The number of rotatable bonds is 7. The lowest BCUT2D eigenvalue weighted by Gasteiger charge is -2.32. The summed E-state index contributed by atoms with van der Waals surface area (Å²) >= 11 is 6.18. The van der Waals surface area contributed by atoms with Gasteiger partial charge < -0.3 is 19.3 Å². The van der Waals surface area contributed by atoms with E-state index >= 15 is 0 Å². The number of carbonyl (C=O) groups is 2. The Morgan fingerprint density at radius 2 is 1.79 bits per heavy atom. The minimum atomic E-state index is -5.13. The highest BCUT2D eigenvalue weighted by atomic mass is 35.5. The van der Waals surface area contributed by atoms with Crippen molar-refractivity contribution in [3.63, 3.8) is 0 Å². The van der Waals surface area contributed by atoms with Crippen molar-refractivity contribution < 1.29 is 42.1 Å². The molecule has 1 aliphatic carbocycles. The first kappa shape index (κ1) is 30.2. The Balaban J connectivity index is 1.69. The van der Waals surface area contributed by atoms with Crippen LogP contribution in [0.3, 0.4) is 0 Å². The molecule has 1 fully saturated rings. The maximum absolute atomic E-state index is 13.2. The average molecular weight is 574 g/mol. The van der Waals surface area contributed by atoms with Crippen LogP contribution in [0.25, 0.3) is 10.9 Å². The van der Waals surface area contributed by atoms with Crippen molar-refractivity contribution in [3.05, 3.63) is 23.6 Å². The minimum absolute atomic E-state index is 0.257. The number of fused-ring (bicyclic) bond motifs is 1. The summed E-state index contributed by atoms with van der Waals surface area (Å²) in [5.74, 6) is -2.61. The van der Waals surface area contributed by atoms with Gasteiger partial charge in [0.2, 0.25) is 5.91 Å². The number of ether oxygens (including phenoxy) is 3. The molecule has 10 nitrogen and oxygen atoms in total. The van der Waals surface area contributed by atoms with Crippen molar-refractivity contribution in [1.29, 1.82) is 0 Å². The number of methoxy groups -OCH3 is 1. The van der Waals surface area contributed by atoms with E-state index in [2.05, 4.69) is 15.0 Å². The third-order valence-electron chi connectivity index (χ3n) is 5.89. The molecule has 0 radical (unpaired) electrons. The first-order valence-corrected chi connectivity index (χ1v) is 12.5. The number of carbonyl (C=O) groups excluding carboxylic acids is 2.